The number of fused-ring (bicyclic) bond motifs is 3. The third kappa shape index (κ3) is 5.07. The molecule has 0 radical (unpaired) electrons. The van der Waals surface area contributed by atoms with Crippen LogP contribution in [0.3, 0.4) is 0 Å². The summed E-state index contributed by atoms with van der Waals surface area (Å²) < 4.78 is 18.3. The van der Waals surface area contributed by atoms with Crippen molar-refractivity contribution in [3.8, 4) is 22.8 Å². The number of aromatic nitrogens is 1. The minimum Gasteiger partial charge on any atom is -0.455 e. The van der Waals surface area contributed by atoms with Crippen molar-refractivity contribution in [3.05, 3.63) is 64.8 Å². The summed E-state index contributed by atoms with van der Waals surface area (Å²) in [5.74, 6) is 1.93. The molecule has 0 atom stereocenters. The topological polar surface area (TPSA) is 13.1 Å². The van der Waals surface area contributed by atoms with Crippen LogP contribution in [0, 0.1) is 23.2 Å². The molecule has 0 amide bonds. The monoisotopic (exact) mass is 509 g/mol. The van der Waals surface area contributed by atoms with Crippen LogP contribution < -0.4 is 9.30 Å². The summed E-state index contributed by atoms with van der Waals surface area (Å²) >= 11 is 0. The third-order valence-electron chi connectivity index (χ3n) is 7.49. The van der Waals surface area contributed by atoms with Gasteiger partial charge in [-0.1, -0.05) is 86.6 Å². The van der Waals surface area contributed by atoms with Crippen molar-refractivity contribution in [3.63, 3.8) is 0 Å². The van der Waals surface area contributed by atoms with Crippen molar-refractivity contribution in [1.82, 2.24) is 0 Å². The van der Waals surface area contributed by atoms with E-state index in [4.69, 9.17) is 6.11 Å². The average molecular weight is 510 g/mol. The minimum absolute atomic E-state index is 0.0636. The van der Waals surface area contributed by atoms with Gasteiger partial charge in [-0.3, -0.25) is 0 Å². The molecule has 38 heavy (non-hydrogen) atoms. The van der Waals surface area contributed by atoms with E-state index >= 15 is 0 Å². The molecule has 1 aromatic heterocycles. The minimum atomic E-state index is 0.0636. The van der Waals surface area contributed by atoms with Crippen LogP contribution in [0.2, 0.25) is 0 Å². The first-order valence-electron chi connectivity index (χ1n) is 14.6. The van der Waals surface area contributed by atoms with Crippen LogP contribution in [0.25, 0.3) is 32.8 Å². The fourth-order valence-electron chi connectivity index (χ4n) is 6.18. The van der Waals surface area contributed by atoms with Crippen LogP contribution in [-0.2, 0) is 26.3 Å². The molecule has 2 heteroatoms. The lowest BCUT2D eigenvalue weighted by atomic mass is 9.80. The SMILES string of the molecule is [2H]c1cc2c(CC(C)(C)C)c3c(c(C)c2cc1CC(C)(C)C)-c1c2c(cc(CC(C)(C)C)cc2cc[n+]1C)O3. The first-order valence-corrected chi connectivity index (χ1v) is 14.1. The molecule has 200 valence electrons. The highest BCUT2D eigenvalue weighted by Crippen LogP contribution is 2.52. The second-order valence-corrected chi connectivity index (χ2v) is 15.2. The maximum atomic E-state index is 8.98. The van der Waals surface area contributed by atoms with Gasteiger partial charge in [0.1, 0.15) is 18.5 Å². The van der Waals surface area contributed by atoms with Gasteiger partial charge < -0.3 is 4.74 Å². The maximum Gasteiger partial charge on any atom is 0.228 e. The van der Waals surface area contributed by atoms with Crippen LogP contribution >= 0.6 is 0 Å². The van der Waals surface area contributed by atoms with Gasteiger partial charge in [0.15, 0.2) is 6.20 Å². The average Bonchev–Trinajstić information content (AvgIpc) is 2.76. The van der Waals surface area contributed by atoms with Crippen molar-refractivity contribution in [2.75, 3.05) is 0 Å². The van der Waals surface area contributed by atoms with Crippen molar-refractivity contribution in [2.45, 2.75) is 88.5 Å². The maximum absolute atomic E-state index is 8.98. The van der Waals surface area contributed by atoms with Gasteiger partial charge in [0.25, 0.3) is 0 Å². The largest absolute Gasteiger partial charge is 0.455 e. The van der Waals surface area contributed by atoms with E-state index in [0.29, 0.717) is 6.04 Å². The zero-order valence-electron chi connectivity index (χ0n) is 26.4. The highest BCUT2D eigenvalue weighted by atomic mass is 16.5. The molecule has 2 heterocycles. The summed E-state index contributed by atoms with van der Waals surface area (Å²) in [5, 5.41) is 4.84. The van der Waals surface area contributed by atoms with Crippen LogP contribution in [0.15, 0.2) is 42.6 Å². The lowest BCUT2D eigenvalue weighted by molar-refractivity contribution is -0.659. The van der Waals surface area contributed by atoms with E-state index in [2.05, 4.69) is 117 Å². The summed E-state index contributed by atoms with van der Waals surface area (Å²) in [6.45, 7) is 22.7. The van der Waals surface area contributed by atoms with E-state index in [1.807, 2.05) is 0 Å². The standard InChI is InChI=1S/C36H46NO/c1-22-27-17-23(19-34(2,3)4)12-13-26(27)28(21-36(8,9)10)33-30(22)32-31-25(14-15-37(32)11)16-24(18-29(31)38-33)20-35(5,6)7/h12-18H,19-21H2,1-11H3/q+1/i12D. The van der Waals surface area contributed by atoms with E-state index in [1.165, 1.54) is 44.1 Å². The smallest absolute Gasteiger partial charge is 0.228 e. The number of rotatable bonds is 3. The highest BCUT2D eigenvalue weighted by molar-refractivity contribution is 6.06. The Hall–Kier alpha value is -2.87. The van der Waals surface area contributed by atoms with E-state index in [0.717, 1.165) is 41.7 Å². The quantitative estimate of drug-likeness (QED) is 0.221. The summed E-state index contributed by atoms with van der Waals surface area (Å²) in [7, 11) is 2.15. The molecule has 2 nitrogen and oxygen atoms in total. The summed E-state index contributed by atoms with van der Waals surface area (Å²) in [6, 6.07) is 11.9. The molecule has 0 N–H and O–H groups in total. The fraction of sp³-hybridized carbons (Fsp3) is 0.472. The molecular weight excluding hydrogens is 462 g/mol. The predicted octanol–water partition coefficient (Wildman–Crippen LogP) is 9.66. The van der Waals surface area contributed by atoms with Gasteiger partial charge in [0.05, 0.1) is 12.3 Å². The number of hydrogen-bond acceptors (Lipinski definition) is 1. The Bertz CT molecular complexity index is 1620. The zero-order valence-corrected chi connectivity index (χ0v) is 25.4. The van der Waals surface area contributed by atoms with E-state index in [1.54, 1.807) is 0 Å². The molecule has 0 fully saturated rings. The Balaban J connectivity index is 1.88. The van der Waals surface area contributed by atoms with E-state index < -0.39 is 0 Å². The van der Waals surface area contributed by atoms with Crippen LogP contribution in [0.4, 0.5) is 0 Å². The second kappa shape index (κ2) is 8.83. The van der Waals surface area contributed by atoms with Gasteiger partial charge in [-0.05, 0) is 81.3 Å². The molecule has 0 saturated carbocycles. The van der Waals surface area contributed by atoms with Crippen LogP contribution in [0.5, 0.6) is 11.5 Å². The number of ether oxygens (including phenoxy) is 1. The molecule has 4 aromatic rings. The Labute approximate surface area is 231 Å². The molecule has 1 aliphatic heterocycles. The Kier molecular flexibility index (Phi) is 5.91. The van der Waals surface area contributed by atoms with Crippen molar-refractivity contribution >= 4 is 21.5 Å². The molecule has 0 unspecified atom stereocenters. The van der Waals surface area contributed by atoms with Crippen LogP contribution in [-0.4, -0.2) is 0 Å². The number of hydrogen-bond donors (Lipinski definition) is 0. The Morgan fingerprint density at radius 2 is 1.42 bits per heavy atom. The Morgan fingerprint density at radius 3 is 2.05 bits per heavy atom. The number of nitrogens with zero attached hydrogens (tertiary/aromatic N) is 1. The third-order valence-corrected chi connectivity index (χ3v) is 7.49. The van der Waals surface area contributed by atoms with Gasteiger partial charge in [-0.2, -0.15) is 0 Å². The fourth-order valence-corrected chi connectivity index (χ4v) is 6.18. The first kappa shape index (κ1) is 25.4. The summed E-state index contributed by atoms with van der Waals surface area (Å²) in [5.41, 5.74) is 7.68. The number of aryl methyl sites for hydroxylation is 2. The predicted molar refractivity (Wildman–Crippen MR) is 162 cm³/mol. The van der Waals surface area contributed by atoms with Crippen molar-refractivity contribution < 1.29 is 10.7 Å². The zero-order chi connectivity index (χ0) is 28.7. The Morgan fingerprint density at radius 1 is 0.789 bits per heavy atom. The second-order valence-electron chi connectivity index (χ2n) is 15.2. The van der Waals surface area contributed by atoms with Gasteiger partial charge in [-0.25, -0.2) is 4.57 Å². The van der Waals surface area contributed by atoms with Gasteiger partial charge in [-0.15, -0.1) is 0 Å². The van der Waals surface area contributed by atoms with Crippen molar-refractivity contribution in [2.24, 2.45) is 23.3 Å². The van der Waals surface area contributed by atoms with Gasteiger partial charge in [0, 0.05) is 11.6 Å². The molecule has 0 spiro atoms. The highest BCUT2D eigenvalue weighted by Gasteiger charge is 2.34. The van der Waals surface area contributed by atoms with Crippen LogP contribution in [0.1, 0.15) is 85.9 Å². The molecule has 1 aliphatic rings. The summed E-state index contributed by atoms with van der Waals surface area (Å²) in [6.07, 6.45) is 4.95. The molecule has 3 aromatic carbocycles. The molecule has 5 rings (SSSR count). The van der Waals surface area contributed by atoms with Gasteiger partial charge >= 0.3 is 0 Å². The van der Waals surface area contributed by atoms with Crippen molar-refractivity contribution in [1.29, 1.82) is 0 Å². The molecule has 0 aliphatic carbocycles. The molecule has 0 saturated heterocycles. The number of pyridine rings is 1. The molecule has 0 bridgehead atoms. The summed E-state index contributed by atoms with van der Waals surface area (Å²) in [4.78, 5) is 0. The van der Waals surface area contributed by atoms with E-state index in [9.17, 15) is 0 Å². The number of benzene rings is 3. The van der Waals surface area contributed by atoms with Gasteiger partial charge in [0.2, 0.25) is 5.69 Å². The molecular formula is C36H46NO+. The van der Waals surface area contributed by atoms with E-state index in [-0.39, 0.29) is 16.2 Å². The first-order chi connectivity index (χ1) is 17.9. The normalized spacial score (nSPS) is 14.0. The lowest BCUT2D eigenvalue weighted by Crippen LogP contribution is -2.32. The lowest BCUT2D eigenvalue weighted by Gasteiger charge is -2.29.